The molecule has 0 unspecified atom stereocenters. The third-order valence-corrected chi connectivity index (χ3v) is 3.08. The topological polar surface area (TPSA) is 93.7 Å². The summed E-state index contributed by atoms with van der Waals surface area (Å²) in [5.41, 5.74) is 9.12. The van der Waals surface area contributed by atoms with Gasteiger partial charge in [0.2, 0.25) is 5.95 Å². The van der Waals surface area contributed by atoms with Crippen LogP contribution in [0.4, 0.5) is 28.8 Å². The second-order valence-electron chi connectivity index (χ2n) is 5.00. The molecule has 3 rings (SSSR count). The Kier molecular flexibility index (Phi) is 3.61. The van der Waals surface area contributed by atoms with Gasteiger partial charge in [-0.3, -0.25) is 4.68 Å². The van der Waals surface area contributed by atoms with Crippen molar-refractivity contribution in [1.82, 2.24) is 19.7 Å². The zero-order valence-electron chi connectivity index (χ0n) is 12.4. The fourth-order valence-electron chi connectivity index (χ4n) is 2.00. The lowest BCUT2D eigenvalue weighted by Gasteiger charge is -2.10. The number of rotatable bonds is 4. The van der Waals surface area contributed by atoms with Gasteiger partial charge < -0.3 is 16.4 Å². The van der Waals surface area contributed by atoms with Gasteiger partial charge >= 0.3 is 0 Å². The van der Waals surface area contributed by atoms with Crippen LogP contribution in [-0.2, 0) is 7.05 Å². The maximum absolute atomic E-state index is 5.77. The third-order valence-electron chi connectivity index (χ3n) is 3.08. The minimum absolute atomic E-state index is 0.502. The van der Waals surface area contributed by atoms with E-state index in [1.54, 1.807) is 17.1 Å². The summed E-state index contributed by atoms with van der Waals surface area (Å²) in [6.07, 6.45) is 5.39. The Morgan fingerprint density at radius 2 is 2.00 bits per heavy atom. The largest absolute Gasteiger partial charge is 0.399 e. The second-order valence-corrected chi connectivity index (χ2v) is 5.00. The quantitative estimate of drug-likeness (QED) is 0.641. The molecular weight excluding hydrogens is 278 g/mol. The highest BCUT2D eigenvalue weighted by atomic mass is 15.3. The Bertz CT molecular complexity index is 794. The Balaban J connectivity index is 1.83. The molecule has 1 aromatic carbocycles. The number of aromatic nitrogens is 4. The molecular formula is C15H17N7. The second kappa shape index (κ2) is 5.72. The van der Waals surface area contributed by atoms with E-state index in [9.17, 15) is 0 Å². The molecule has 7 heteroatoms. The smallest absolute Gasteiger partial charge is 0.229 e. The number of anilines is 5. The summed E-state index contributed by atoms with van der Waals surface area (Å²) in [6, 6.07) is 7.45. The first-order chi connectivity index (χ1) is 10.6. The SMILES string of the molecule is Cc1cnc(Nc2cccc(N)c2)nc1Nc1cnn(C)c1. The van der Waals surface area contributed by atoms with Crippen molar-refractivity contribution < 1.29 is 0 Å². The van der Waals surface area contributed by atoms with E-state index < -0.39 is 0 Å². The molecule has 0 aliphatic heterocycles. The summed E-state index contributed by atoms with van der Waals surface area (Å²) in [6.45, 7) is 1.95. The molecule has 0 fully saturated rings. The highest BCUT2D eigenvalue weighted by Gasteiger charge is 2.06. The highest BCUT2D eigenvalue weighted by Crippen LogP contribution is 2.21. The molecule has 0 aliphatic rings. The fourth-order valence-corrected chi connectivity index (χ4v) is 2.00. The Labute approximate surface area is 128 Å². The molecule has 0 amide bonds. The van der Waals surface area contributed by atoms with Gasteiger partial charge in [0.05, 0.1) is 11.9 Å². The lowest BCUT2D eigenvalue weighted by atomic mass is 10.3. The monoisotopic (exact) mass is 295 g/mol. The number of hydrogen-bond acceptors (Lipinski definition) is 6. The van der Waals surface area contributed by atoms with E-state index in [2.05, 4.69) is 25.7 Å². The van der Waals surface area contributed by atoms with E-state index in [0.29, 0.717) is 11.6 Å². The van der Waals surface area contributed by atoms with Crippen LogP contribution in [0.3, 0.4) is 0 Å². The first kappa shape index (κ1) is 13.9. The van der Waals surface area contributed by atoms with Crippen molar-refractivity contribution in [3.05, 3.63) is 48.4 Å². The van der Waals surface area contributed by atoms with E-state index in [-0.39, 0.29) is 0 Å². The van der Waals surface area contributed by atoms with Crippen LogP contribution in [0.25, 0.3) is 0 Å². The zero-order chi connectivity index (χ0) is 15.5. The van der Waals surface area contributed by atoms with E-state index in [4.69, 9.17) is 5.73 Å². The molecule has 0 bridgehead atoms. The molecule has 2 heterocycles. The molecule has 7 nitrogen and oxygen atoms in total. The number of nitrogens with one attached hydrogen (secondary N) is 2. The number of hydrogen-bond donors (Lipinski definition) is 3. The van der Waals surface area contributed by atoms with Gasteiger partial charge in [-0.25, -0.2) is 4.98 Å². The van der Waals surface area contributed by atoms with Crippen LogP contribution in [0.5, 0.6) is 0 Å². The average molecular weight is 295 g/mol. The normalized spacial score (nSPS) is 10.5. The number of nitrogen functional groups attached to an aromatic ring is 1. The number of nitrogens with two attached hydrogens (primary N) is 1. The van der Waals surface area contributed by atoms with Crippen LogP contribution in [0.2, 0.25) is 0 Å². The summed E-state index contributed by atoms with van der Waals surface area (Å²) >= 11 is 0. The van der Waals surface area contributed by atoms with Gasteiger partial charge in [-0.15, -0.1) is 0 Å². The first-order valence-electron chi connectivity index (χ1n) is 6.82. The van der Waals surface area contributed by atoms with E-state index in [0.717, 1.165) is 22.8 Å². The number of aryl methyl sites for hydroxylation is 2. The molecule has 0 radical (unpaired) electrons. The Morgan fingerprint density at radius 3 is 2.73 bits per heavy atom. The van der Waals surface area contributed by atoms with Crippen molar-refractivity contribution in [3.8, 4) is 0 Å². The van der Waals surface area contributed by atoms with E-state index in [1.807, 2.05) is 44.4 Å². The minimum atomic E-state index is 0.502. The van der Waals surface area contributed by atoms with Gasteiger partial charge in [-0.1, -0.05) is 6.07 Å². The van der Waals surface area contributed by atoms with Crippen LogP contribution in [-0.4, -0.2) is 19.7 Å². The maximum Gasteiger partial charge on any atom is 0.229 e. The van der Waals surface area contributed by atoms with Crippen molar-refractivity contribution in [2.45, 2.75) is 6.92 Å². The van der Waals surface area contributed by atoms with Crippen LogP contribution < -0.4 is 16.4 Å². The summed E-state index contributed by atoms with van der Waals surface area (Å²) in [5.74, 6) is 1.23. The van der Waals surface area contributed by atoms with E-state index >= 15 is 0 Å². The van der Waals surface area contributed by atoms with Crippen LogP contribution >= 0.6 is 0 Å². The van der Waals surface area contributed by atoms with Gasteiger partial charge in [0.25, 0.3) is 0 Å². The third kappa shape index (κ3) is 3.14. The molecule has 112 valence electrons. The Hall–Kier alpha value is -3.09. The minimum Gasteiger partial charge on any atom is -0.399 e. The molecule has 3 aromatic rings. The van der Waals surface area contributed by atoms with Gasteiger partial charge in [0, 0.05) is 36.4 Å². The summed E-state index contributed by atoms with van der Waals surface area (Å²) in [4.78, 5) is 8.78. The van der Waals surface area contributed by atoms with Gasteiger partial charge in [-0.05, 0) is 25.1 Å². The fraction of sp³-hybridized carbons (Fsp3) is 0.133. The molecule has 0 saturated carbocycles. The molecule has 2 aromatic heterocycles. The summed E-state index contributed by atoms with van der Waals surface area (Å²) < 4.78 is 1.73. The molecule has 22 heavy (non-hydrogen) atoms. The van der Waals surface area contributed by atoms with Crippen LogP contribution in [0.15, 0.2) is 42.9 Å². The van der Waals surface area contributed by atoms with Gasteiger partial charge in [-0.2, -0.15) is 10.1 Å². The number of nitrogens with zero attached hydrogens (tertiary/aromatic N) is 4. The summed E-state index contributed by atoms with van der Waals surface area (Å²) in [7, 11) is 1.87. The van der Waals surface area contributed by atoms with Crippen LogP contribution in [0.1, 0.15) is 5.56 Å². The molecule has 0 saturated heterocycles. The standard InChI is InChI=1S/C15H17N7/c1-10-7-17-15(20-12-5-3-4-11(16)6-12)21-14(10)19-13-8-18-22(2)9-13/h3-9H,16H2,1-2H3,(H2,17,19,20,21). The molecule has 0 aliphatic carbocycles. The van der Waals surface area contributed by atoms with Gasteiger partial charge in [0.15, 0.2) is 0 Å². The Morgan fingerprint density at radius 1 is 1.14 bits per heavy atom. The number of benzene rings is 1. The lowest BCUT2D eigenvalue weighted by Crippen LogP contribution is -2.02. The van der Waals surface area contributed by atoms with Crippen molar-refractivity contribution >= 4 is 28.8 Å². The lowest BCUT2D eigenvalue weighted by molar-refractivity contribution is 0.768. The molecule has 4 N–H and O–H groups in total. The van der Waals surface area contributed by atoms with Gasteiger partial charge in [0.1, 0.15) is 5.82 Å². The zero-order valence-corrected chi connectivity index (χ0v) is 12.4. The summed E-state index contributed by atoms with van der Waals surface area (Å²) in [5, 5.41) is 10.5. The predicted molar refractivity (Wildman–Crippen MR) is 87.4 cm³/mol. The molecule has 0 spiro atoms. The highest BCUT2D eigenvalue weighted by molar-refractivity contribution is 5.63. The van der Waals surface area contributed by atoms with Crippen molar-refractivity contribution in [2.75, 3.05) is 16.4 Å². The van der Waals surface area contributed by atoms with Crippen LogP contribution in [0, 0.1) is 6.92 Å². The predicted octanol–water partition coefficient (Wildman–Crippen LogP) is 2.59. The van der Waals surface area contributed by atoms with E-state index in [1.165, 1.54) is 0 Å². The van der Waals surface area contributed by atoms with Crippen molar-refractivity contribution in [2.24, 2.45) is 7.05 Å². The first-order valence-corrected chi connectivity index (χ1v) is 6.82. The molecule has 0 atom stereocenters. The average Bonchev–Trinajstić information content (AvgIpc) is 2.88. The van der Waals surface area contributed by atoms with Crippen molar-refractivity contribution in [1.29, 1.82) is 0 Å². The maximum atomic E-state index is 5.77. The van der Waals surface area contributed by atoms with Crippen molar-refractivity contribution in [3.63, 3.8) is 0 Å².